The molecule has 0 amide bonds. The summed E-state index contributed by atoms with van der Waals surface area (Å²) in [6, 6.07) is 32.2. The maximum Gasteiger partial charge on any atom is 0.278 e. The third-order valence-electron chi connectivity index (χ3n) is 14.3. The molecule has 0 fully saturated rings. The molecule has 4 aromatic carbocycles. The number of rotatable bonds is 14. The van der Waals surface area contributed by atoms with E-state index in [2.05, 4.69) is 255 Å². The summed E-state index contributed by atoms with van der Waals surface area (Å²) in [6.07, 6.45) is 0. The first-order chi connectivity index (χ1) is 28.7. The van der Waals surface area contributed by atoms with Gasteiger partial charge in [-0.1, -0.05) is 222 Å². The molecule has 0 bridgehead atoms. The zero-order valence-electron chi connectivity index (χ0n) is 45.0. The summed E-state index contributed by atoms with van der Waals surface area (Å²) in [5.74, 6) is 3.77. The summed E-state index contributed by atoms with van der Waals surface area (Å²) < 4.78 is 0.191. The van der Waals surface area contributed by atoms with Gasteiger partial charge in [0.15, 0.2) is 0 Å². The fourth-order valence-electron chi connectivity index (χ4n) is 14.8. The molecule has 0 saturated carbocycles. The van der Waals surface area contributed by atoms with Gasteiger partial charge in [0.2, 0.25) is 6.90 Å². The quantitative estimate of drug-likeness (QED) is 0.0671. The minimum atomic E-state index is -3.69. The van der Waals surface area contributed by atoms with E-state index < -0.39 is 70.3 Å². The van der Waals surface area contributed by atoms with E-state index in [-0.39, 0.29) is 4.28 Å². The molecular formula is C53H88Cl2Si9. The highest BCUT2D eigenvalue weighted by Crippen LogP contribution is 2.52. The Kier molecular flexibility index (Phi) is 16.2. The molecule has 0 saturated heterocycles. The first-order valence-corrected chi connectivity index (χ1v) is 55.8. The summed E-state index contributed by atoms with van der Waals surface area (Å²) in [6.45, 7) is 56.2. The second kappa shape index (κ2) is 18.7. The lowest BCUT2D eigenvalue weighted by Crippen LogP contribution is -2.78. The molecule has 0 heterocycles. The number of hydrogen-bond acceptors (Lipinski definition) is 0. The topological polar surface area (TPSA) is 0 Å². The molecule has 0 aliphatic carbocycles. The van der Waals surface area contributed by atoms with Crippen LogP contribution in [0.15, 0.2) is 84.9 Å². The average Bonchev–Trinajstić information content (AvgIpc) is 3.06. The molecule has 0 aliphatic rings. The minimum Gasteiger partial charge on any atom is -0.155 e. The van der Waals surface area contributed by atoms with Crippen molar-refractivity contribution < 1.29 is 0 Å². The third kappa shape index (κ3) is 10.4. The van der Waals surface area contributed by atoms with Crippen molar-refractivity contribution in [1.29, 1.82) is 0 Å². The Hall–Kier alpha value is -1.03. The molecule has 350 valence electrons. The minimum absolute atomic E-state index is 0.191. The van der Waals surface area contributed by atoms with Crippen LogP contribution in [0, 0.1) is 32.2 Å². The van der Waals surface area contributed by atoms with Crippen LogP contribution in [0.2, 0.25) is 137 Å². The lowest BCUT2D eigenvalue weighted by molar-refractivity contribution is 0.995. The van der Waals surface area contributed by atoms with Gasteiger partial charge in [-0.3, -0.25) is 0 Å². The fourth-order valence-corrected chi connectivity index (χ4v) is 87.6. The van der Waals surface area contributed by atoms with E-state index in [9.17, 15) is 11.1 Å². The number of hydrogen-bond donors (Lipinski definition) is 0. The standard InChI is InChI=1S/C53H88Cl2Si9/c1-41-37-42(2)49(43(3)38-41)64(55,63(54,46-33-29-26-30-34-46)36-35-44-31-27-25-28-32-44)50-47(51(56(4,5)6)57(7,8)9)39-45(40-48(50)52(58(10,11)12)59(13,14)15)53(60(16,17)18,61(19,20)21)62(22,23)24/h25-34,37-40,51-52H,1-24H3. The molecule has 4 rings (SSSR count). The van der Waals surface area contributed by atoms with Gasteiger partial charge in [0.1, 0.15) is 0 Å². The Morgan fingerprint density at radius 1 is 0.453 bits per heavy atom. The van der Waals surface area contributed by atoms with Crippen LogP contribution in [0.25, 0.3) is 0 Å². The number of halogens is 2. The van der Waals surface area contributed by atoms with Gasteiger partial charge in [0.05, 0.1) is 0 Å². The predicted octanol–water partition coefficient (Wildman–Crippen LogP) is 15.2. The number of benzene rings is 4. The molecule has 4 aromatic rings. The molecule has 0 N–H and O–H groups in total. The van der Waals surface area contributed by atoms with Crippen molar-refractivity contribution >= 4 is 108 Å². The Morgan fingerprint density at radius 3 is 1.12 bits per heavy atom. The van der Waals surface area contributed by atoms with Crippen LogP contribution >= 0.6 is 22.2 Å². The molecule has 0 spiro atoms. The predicted molar refractivity (Wildman–Crippen MR) is 320 cm³/mol. The molecule has 0 aromatic heterocycles. The van der Waals surface area contributed by atoms with Crippen molar-refractivity contribution in [2.24, 2.45) is 0 Å². The van der Waals surface area contributed by atoms with Gasteiger partial charge in [-0.2, -0.15) is 11.1 Å². The highest BCUT2D eigenvalue weighted by atomic mass is 35.6. The Balaban J connectivity index is 2.71. The second-order valence-electron chi connectivity index (χ2n) is 26.9. The summed E-state index contributed by atoms with van der Waals surface area (Å²) >= 11 is 18.7. The van der Waals surface area contributed by atoms with Crippen molar-refractivity contribution in [2.75, 3.05) is 0 Å². The fraction of sp³-hybridized carbons (Fsp3) is 0.509. The highest BCUT2D eigenvalue weighted by molar-refractivity contribution is 7.83. The smallest absolute Gasteiger partial charge is 0.155 e. The van der Waals surface area contributed by atoms with E-state index in [1.807, 2.05) is 0 Å². The lowest BCUT2D eigenvalue weighted by atomic mass is 10.1. The molecule has 64 heavy (non-hydrogen) atoms. The Bertz CT molecular complexity index is 2210. The van der Waals surface area contributed by atoms with Crippen LogP contribution in [0.4, 0.5) is 0 Å². The highest BCUT2D eigenvalue weighted by Gasteiger charge is 2.65. The van der Waals surface area contributed by atoms with Gasteiger partial charge < -0.3 is 0 Å². The summed E-state index contributed by atoms with van der Waals surface area (Å²) in [5, 5.41) is 4.83. The van der Waals surface area contributed by atoms with Crippen molar-refractivity contribution in [2.45, 2.75) is 173 Å². The third-order valence-corrected chi connectivity index (χ3v) is 72.9. The molecule has 11 heteroatoms. The van der Waals surface area contributed by atoms with E-state index in [4.69, 9.17) is 11.1 Å². The first-order valence-electron chi connectivity index (χ1n) is 24.0. The SMILES string of the molecule is Cc1cc(C)c([Si](Cl)(c2c(C([Si](C)(C)C)[Si](C)(C)C)cc(C([Si](C)(C)C)([Si](C)(C)C)[Si](C)(C)C)cc2C([Si](C)(C)C)[Si](C)(C)C)[Si](Cl)(C#Cc2ccccc2)c2ccccc2)c(C)c1. The second-order valence-corrected chi connectivity index (χ2v) is 80.8. The van der Waals surface area contributed by atoms with Gasteiger partial charge in [-0.05, 0) is 90.9 Å². The normalized spacial score (nSPS) is 15.8. The Morgan fingerprint density at radius 2 is 0.797 bits per heavy atom. The number of aryl methyl sites for hydroxylation is 3. The maximum absolute atomic E-state index is 9.65. The van der Waals surface area contributed by atoms with Crippen molar-refractivity contribution in [3.63, 3.8) is 0 Å². The van der Waals surface area contributed by atoms with Gasteiger partial charge in [0.25, 0.3) is 6.90 Å². The maximum atomic E-state index is 9.65. The van der Waals surface area contributed by atoms with Gasteiger partial charge in [-0.25, -0.2) is 0 Å². The van der Waals surface area contributed by atoms with Gasteiger partial charge in [0, 0.05) is 62.1 Å². The van der Waals surface area contributed by atoms with E-state index in [1.54, 1.807) is 16.7 Å². The monoisotopic (exact) mass is 1050 g/mol. The molecule has 2 unspecified atom stereocenters. The Labute approximate surface area is 412 Å². The van der Waals surface area contributed by atoms with Crippen molar-refractivity contribution in [1.82, 2.24) is 0 Å². The molecule has 0 aliphatic heterocycles. The largest absolute Gasteiger partial charge is 0.278 e. The summed E-state index contributed by atoms with van der Waals surface area (Å²) in [7, 11) is -13.7. The average molecular weight is 1050 g/mol. The van der Waals surface area contributed by atoms with Crippen molar-refractivity contribution in [3.05, 3.63) is 124 Å². The van der Waals surface area contributed by atoms with E-state index >= 15 is 0 Å². The summed E-state index contributed by atoms with van der Waals surface area (Å²) in [5.41, 5.74) is 13.8. The molecular weight excluding hydrogens is 960 g/mol. The molecule has 0 nitrogen and oxygen atoms in total. The van der Waals surface area contributed by atoms with Crippen LogP contribution in [0.5, 0.6) is 0 Å². The molecule has 2 atom stereocenters. The van der Waals surface area contributed by atoms with E-state index in [0.29, 0.717) is 10.3 Å². The van der Waals surface area contributed by atoms with Crippen LogP contribution in [0.3, 0.4) is 0 Å². The van der Waals surface area contributed by atoms with Crippen LogP contribution in [0.1, 0.15) is 49.3 Å². The zero-order chi connectivity index (χ0) is 49.2. The summed E-state index contributed by atoms with van der Waals surface area (Å²) in [4.78, 5) is 0. The van der Waals surface area contributed by atoms with Crippen LogP contribution in [-0.4, -0.2) is 70.3 Å². The van der Waals surface area contributed by atoms with Gasteiger partial charge in [-0.15, -0.1) is 16.6 Å². The van der Waals surface area contributed by atoms with E-state index in [0.717, 1.165) is 10.8 Å². The van der Waals surface area contributed by atoms with Crippen molar-refractivity contribution in [3.8, 4) is 11.5 Å². The van der Waals surface area contributed by atoms with E-state index in [1.165, 1.54) is 27.1 Å². The molecule has 0 radical (unpaired) electrons. The zero-order valence-corrected chi connectivity index (χ0v) is 55.5. The first kappa shape index (κ1) is 55.6. The van der Waals surface area contributed by atoms with Crippen LogP contribution < -0.4 is 15.6 Å². The van der Waals surface area contributed by atoms with Gasteiger partial charge >= 0.3 is 0 Å². The lowest BCUT2D eigenvalue weighted by Gasteiger charge is -2.60. The van der Waals surface area contributed by atoms with Crippen LogP contribution in [-0.2, 0) is 4.28 Å².